The molecular weight excluding hydrogens is 453 g/mol. The quantitative estimate of drug-likeness (QED) is 0.187. The molecule has 0 nitrogen and oxygen atoms in total. The van der Waals surface area contributed by atoms with Crippen LogP contribution in [0.5, 0.6) is 0 Å². The van der Waals surface area contributed by atoms with Crippen molar-refractivity contribution in [1.29, 1.82) is 0 Å². The van der Waals surface area contributed by atoms with Crippen LogP contribution >= 0.6 is 0 Å². The van der Waals surface area contributed by atoms with E-state index in [1.807, 2.05) is 0 Å². The van der Waals surface area contributed by atoms with E-state index in [1.165, 1.54) is 75.4 Å². The SMILES string of the molecule is Cc1cc2ccccc2cc1C.Cc1ccc2ccccc2c1C.Cc1ccccc1C.[B]C.[B]C.[B]C. The number of fused-ring (bicyclic) bond motifs is 2. The van der Waals surface area contributed by atoms with E-state index >= 15 is 0 Å². The van der Waals surface area contributed by atoms with Gasteiger partial charge < -0.3 is 0 Å². The molecule has 0 aliphatic carbocycles. The highest BCUT2D eigenvalue weighted by molar-refractivity contribution is 6.06. The van der Waals surface area contributed by atoms with Gasteiger partial charge in [-0.25, -0.2) is 0 Å². The van der Waals surface area contributed by atoms with Crippen molar-refractivity contribution in [3.8, 4) is 0 Å². The van der Waals surface area contributed by atoms with E-state index in [4.69, 9.17) is 0 Å². The largest absolute Gasteiger partial charge is 0.0999 e. The third kappa shape index (κ3) is 11.1. The summed E-state index contributed by atoms with van der Waals surface area (Å²) in [6.07, 6.45) is 0. The highest BCUT2D eigenvalue weighted by atomic mass is 14.0. The maximum atomic E-state index is 4.50. The molecule has 0 bridgehead atoms. The molecule has 192 valence electrons. The van der Waals surface area contributed by atoms with Crippen LogP contribution in [0.1, 0.15) is 33.4 Å². The lowest BCUT2D eigenvalue weighted by Gasteiger charge is -2.04. The highest BCUT2D eigenvalue weighted by Gasteiger charge is 1.97. The minimum atomic E-state index is 1.33. The van der Waals surface area contributed by atoms with Crippen LogP contribution in [0.2, 0.25) is 20.5 Å². The lowest BCUT2D eigenvalue weighted by atomic mass is 10.0. The maximum absolute atomic E-state index is 4.50. The van der Waals surface area contributed by atoms with Crippen molar-refractivity contribution < 1.29 is 0 Å². The Morgan fingerprint density at radius 1 is 0.342 bits per heavy atom. The molecule has 0 amide bonds. The molecule has 0 heterocycles. The number of benzene rings is 5. The van der Waals surface area contributed by atoms with Crippen LogP contribution in [-0.2, 0) is 0 Å². The normalized spacial score (nSPS) is 8.97. The Morgan fingerprint density at radius 3 is 1.13 bits per heavy atom. The minimum absolute atomic E-state index is 1.33. The Bertz CT molecular complexity index is 1270. The average Bonchev–Trinajstić information content (AvgIpc) is 2.97. The van der Waals surface area contributed by atoms with Crippen molar-refractivity contribution in [2.45, 2.75) is 62.0 Å². The minimum Gasteiger partial charge on any atom is -0.0999 e. The van der Waals surface area contributed by atoms with Crippen LogP contribution in [0.4, 0.5) is 0 Å². The summed E-state index contributed by atoms with van der Waals surface area (Å²) in [5.41, 5.74) is 8.24. The lowest BCUT2D eigenvalue weighted by Crippen LogP contribution is -1.82. The summed E-state index contributed by atoms with van der Waals surface area (Å²) in [6, 6.07) is 34.2. The molecule has 0 aliphatic heterocycles. The standard InChI is InChI=1S/2C12H12.C8H10.3CH3B/c1-9-7-11-5-3-4-6-12(11)8-10(9)2;1-9-7-8-11-5-3-4-6-12(11)10(9)2;1-7-5-3-4-6-8(7)2;3*1-2/h2*3-8H,1-2H3;3-6H,1-2H3;3*1H3. The summed E-state index contributed by atoms with van der Waals surface area (Å²) < 4.78 is 0. The van der Waals surface area contributed by atoms with Gasteiger partial charge in [-0.3, -0.25) is 0 Å². The molecule has 38 heavy (non-hydrogen) atoms. The summed E-state index contributed by atoms with van der Waals surface area (Å²) >= 11 is 0. The van der Waals surface area contributed by atoms with E-state index in [2.05, 4.69) is 162 Å². The fourth-order valence-corrected chi connectivity index (χ4v) is 3.67. The Morgan fingerprint density at radius 2 is 0.711 bits per heavy atom. The van der Waals surface area contributed by atoms with Crippen LogP contribution in [-0.4, -0.2) is 23.5 Å². The lowest BCUT2D eigenvalue weighted by molar-refractivity contribution is 1.34. The first kappa shape index (κ1) is 34.8. The van der Waals surface area contributed by atoms with Gasteiger partial charge in [-0.05, 0) is 96.5 Å². The third-order valence-electron chi connectivity index (χ3n) is 6.26. The molecule has 0 atom stereocenters. The molecule has 0 aromatic heterocycles. The first-order valence-electron chi connectivity index (χ1n) is 13.0. The zero-order valence-electron chi connectivity index (χ0n) is 25.0. The molecule has 0 aliphatic rings. The monoisotopic (exact) mass is 496 g/mol. The molecule has 0 N–H and O–H groups in total. The predicted octanol–water partition coefficient (Wildman–Crippen LogP) is 9.83. The Hall–Kier alpha value is -3.19. The molecular formula is C35H43B3. The maximum Gasteiger partial charge on any atom is 0.0606 e. The molecule has 0 saturated heterocycles. The van der Waals surface area contributed by atoms with E-state index in [1.54, 1.807) is 0 Å². The molecule has 5 aromatic carbocycles. The van der Waals surface area contributed by atoms with Crippen LogP contribution in [0, 0.1) is 41.5 Å². The van der Waals surface area contributed by atoms with Gasteiger partial charge in [-0.2, -0.15) is 0 Å². The second kappa shape index (κ2) is 19.9. The van der Waals surface area contributed by atoms with Gasteiger partial charge in [0, 0.05) is 0 Å². The molecule has 3 heteroatoms. The van der Waals surface area contributed by atoms with Crippen LogP contribution in [0.25, 0.3) is 21.5 Å². The molecule has 0 saturated carbocycles. The van der Waals surface area contributed by atoms with Gasteiger partial charge in [0.15, 0.2) is 0 Å². The van der Waals surface area contributed by atoms with Gasteiger partial charge in [0.1, 0.15) is 0 Å². The number of hydrogen-bond donors (Lipinski definition) is 0. The van der Waals surface area contributed by atoms with Crippen molar-refractivity contribution in [2.24, 2.45) is 0 Å². The fraction of sp³-hybridized carbons (Fsp3) is 0.257. The van der Waals surface area contributed by atoms with Gasteiger partial charge >= 0.3 is 0 Å². The third-order valence-corrected chi connectivity index (χ3v) is 6.26. The van der Waals surface area contributed by atoms with Crippen LogP contribution in [0.3, 0.4) is 0 Å². The van der Waals surface area contributed by atoms with Crippen molar-refractivity contribution in [1.82, 2.24) is 0 Å². The zero-order chi connectivity index (χ0) is 29.1. The van der Waals surface area contributed by atoms with E-state index < -0.39 is 0 Å². The summed E-state index contributed by atoms with van der Waals surface area (Å²) in [4.78, 5) is 0. The highest BCUT2D eigenvalue weighted by Crippen LogP contribution is 2.20. The van der Waals surface area contributed by atoms with Gasteiger partial charge in [0.2, 0.25) is 0 Å². The fourth-order valence-electron chi connectivity index (χ4n) is 3.67. The summed E-state index contributed by atoms with van der Waals surface area (Å²) in [5, 5.41) is 5.37. The molecule has 5 rings (SSSR count). The smallest absolute Gasteiger partial charge is 0.0606 e. The van der Waals surface area contributed by atoms with E-state index in [-0.39, 0.29) is 0 Å². The number of rotatable bonds is 0. The molecule has 0 spiro atoms. The van der Waals surface area contributed by atoms with E-state index in [0.29, 0.717) is 0 Å². The molecule has 5 aromatic rings. The second-order valence-electron chi connectivity index (χ2n) is 8.60. The van der Waals surface area contributed by atoms with Crippen molar-refractivity contribution in [3.05, 3.63) is 130 Å². The molecule has 0 fully saturated rings. The van der Waals surface area contributed by atoms with Crippen molar-refractivity contribution in [2.75, 3.05) is 0 Å². The first-order valence-corrected chi connectivity index (χ1v) is 13.0. The van der Waals surface area contributed by atoms with Gasteiger partial charge in [-0.15, -0.1) is 0 Å². The summed E-state index contributed by atoms with van der Waals surface area (Å²) in [6.45, 7) is 17.4. The Labute approximate surface area is 237 Å². The number of aryl methyl sites for hydroxylation is 6. The van der Waals surface area contributed by atoms with E-state index in [9.17, 15) is 0 Å². The zero-order valence-corrected chi connectivity index (χ0v) is 25.0. The Balaban J connectivity index is 0.000000499. The van der Waals surface area contributed by atoms with Crippen LogP contribution < -0.4 is 0 Å². The predicted molar refractivity (Wildman–Crippen MR) is 178 cm³/mol. The Kier molecular flexibility index (Phi) is 18.2. The van der Waals surface area contributed by atoms with E-state index in [0.717, 1.165) is 0 Å². The summed E-state index contributed by atoms with van der Waals surface area (Å²) in [7, 11) is 13.5. The number of hydrogen-bond acceptors (Lipinski definition) is 0. The van der Waals surface area contributed by atoms with Gasteiger partial charge in [-0.1, -0.05) is 118 Å². The van der Waals surface area contributed by atoms with Crippen molar-refractivity contribution >= 4 is 45.1 Å². The van der Waals surface area contributed by atoms with Gasteiger partial charge in [0.05, 0.1) is 23.5 Å². The first-order chi connectivity index (χ1) is 18.4. The average molecular weight is 496 g/mol. The second-order valence-corrected chi connectivity index (χ2v) is 8.60. The van der Waals surface area contributed by atoms with Crippen LogP contribution in [0.15, 0.2) is 97.1 Å². The van der Waals surface area contributed by atoms with Gasteiger partial charge in [0.25, 0.3) is 0 Å². The van der Waals surface area contributed by atoms with Crippen molar-refractivity contribution in [3.63, 3.8) is 0 Å². The topological polar surface area (TPSA) is 0 Å². The summed E-state index contributed by atoms with van der Waals surface area (Å²) in [5.74, 6) is 0. The molecule has 6 radical (unpaired) electrons. The molecule has 0 unspecified atom stereocenters.